The first-order chi connectivity index (χ1) is 8.25. The molecule has 1 rings (SSSR count). The molecule has 1 N–H and O–H groups in total. The van der Waals surface area contributed by atoms with Gasteiger partial charge in [-0.2, -0.15) is 0 Å². The Morgan fingerprint density at radius 1 is 1.28 bits per heavy atom. The molecule has 0 heterocycles. The lowest BCUT2D eigenvalue weighted by atomic mass is 10.1. The summed E-state index contributed by atoms with van der Waals surface area (Å²) < 4.78 is 0. The molecule has 1 aromatic rings. The van der Waals surface area contributed by atoms with Crippen LogP contribution in [-0.4, -0.2) is 21.3 Å². The zero-order valence-electron chi connectivity index (χ0n) is 9.75. The summed E-state index contributed by atoms with van der Waals surface area (Å²) in [6, 6.07) is 5.19. The van der Waals surface area contributed by atoms with Crippen LogP contribution >= 0.6 is 0 Å². The van der Waals surface area contributed by atoms with Gasteiger partial charge in [0.05, 0.1) is 4.92 Å². The van der Waals surface area contributed by atoms with Gasteiger partial charge in [0.15, 0.2) is 0 Å². The first-order valence-corrected chi connectivity index (χ1v) is 4.95. The van der Waals surface area contributed by atoms with Gasteiger partial charge in [-0.25, -0.2) is 0 Å². The quantitative estimate of drug-likeness (QED) is 0.646. The highest BCUT2D eigenvalue weighted by molar-refractivity contribution is 5.96. The Hall–Kier alpha value is -2.51. The Balaban J connectivity index is 2.92. The van der Waals surface area contributed by atoms with E-state index < -0.39 is 21.3 Å². The van der Waals surface area contributed by atoms with Crippen molar-refractivity contribution in [3.05, 3.63) is 44.5 Å². The second kappa shape index (κ2) is 4.78. The molecule has 0 unspecified atom stereocenters. The van der Waals surface area contributed by atoms with Crippen LogP contribution in [0.1, 0.15) is 13.8 Å². The largest absolute Gasteiger partial charge is 0.320 e. The number of non-ortho nitro benzene ring substituents is 1. The highest BCUT2D eigenvalue weighted by Crippen LogP contribution is 2.19. The molecule has 1 aromatic carbocycles. The molecule has 0 saturated heterocycles. The maximum atomic E-state index is 11.6. The molecule has 0 bridgehead atoms. The number of nitro groups is 2. The first kappa shape index (κ1) is 13.6. The lowest BCUT2D eigenvalue weighted by Gasteiger charge is -2.14. The maximum absolute atomic E-state index is 11.6. The fourth-order valence-corrected chi connectivity index (χ4v) is 1.06. The number of benzene rings is 1. The van der Waals surface area contributed by atoms with E-state index in [-0.39, 0.29) is 11.4 Å². The number of hydrogen-bond donors (Lipinski definition) is 1. The van der Waals surface area contributed by atoms with E-state index >= 15 is 0 Å². The molecule has 0 fully saturated rings. The monoisotopic (exact) mass is 253 g/mol. The number of carbonyl (C=O) groups excluding carboxylic acids is 1. The van der Waals surface area contributed by atoms with Crippen LogP contribution in [0.3, 0.4) is 0 Å². The van der Waals surface area contributed by atoms with Gasteiger partial charge in [0.25, 0.3) is 11.2 Å². The minimum Gasteiger partial charge on any atom is -0.320 e. The Kier molecular flexibility index (Phi) is 3.60. The van der Waals surface area contributed by atoms with Gasteiger partial charge in [-0.05, 0) is 6.07 Å². The molecule has 96 valence electrons. The van der Waals surface area contributed by atoms with Gasteiger partial charge in [0, 0.05) is 36.6 Å². The Morgan fingerprint density at radius 3 is 2.39 bits per heavy atom. The number of amides is 1. The molecule has 0 aliphatic heterocycles. The number of hydrogen-bond acceptors (Lipinski definition) is 5. The van der Waals surface area contributed by atoms with Crippen LogP contribution in [0.5, 0.6) is 0 Å². The van der Waals surface area contributed by atoms with Gasteiger partial charge in [0.1, 0.15) is 0 Å². The summed E-state index contributed by atoms with van der Waals surface area (Å²) >= 11 is 0. The van der Waals surface area contributed by atoms with Gasteiger partial charge in [-0.3, -0.25) is 25.0 Å². The van der Waals surface area contributed by atoms with Gasteiger partial charge in [0.2, 0.25) is 0 Å². The lowest BCUT2D eigenvalue weighted by Crippen LogP contribution is -2.44. The smallest absolute Gasteiger partial charge is 0.301 e. The van der Waals surface area contributed by atoms with Gasteiger partial charge < -0.3 is 5.32 Å². The standard InChI is InChI=1S/C10H11N3O5/c1-10(2,13(17)18)9(14)11-7-4-3-5-8(6-7)12(15)16/h3-6H,1-2H3,(H,11,14). The predicted octanol–water partition coefficient (Wildman–Crippen LogP) is 1.59. The summed E-state index contributed by atoms with van der Waals surface area (Å²) in [6.07, 6.45) is 0. The summed E-state index contributed by atoms with van der Waals surface area (Å²) in [5.74, 6) is -0.840. The molecule has 8 nitrogen and oxygen atoms in total. The molecular formula is C10H11N3O5. The SMILES string of the molecule is CC(C)(C(=O)Nc1cccc([N+](=O)[O-])c1)[N+](=O)[O-]. The van der Waals surface area contributed by atoms with E-state index in [9.17, 15) is 25.0 Å². The van der Waals surface area contributed by atoms with Crippen molar-refractivity contribution in [3.63, 3.8) is 0 Å². The Morgan fingerprint density at radius 2 is 1.89 bits per heavy atom. The highest BCUT2D eigenvalue weighted by Gasteiger charge is 2.40. The van der Waals surface area contributed by atoms with Crippen LogP contribution in [0.15, 0.2) is 24.3 Å². The lowest BCUT2D eigenvalue weighted by molar-refractivity contribution is -0.542. The van der Waals surface area contributed by atoms with Crippen molar-refractivity contribution in [1.29, 1.82) is 0 Å². The molecule has 0 aromatic heterocycles. The molecule has 0 spiro atoms. The molecule has 0 atom stereocenters. The van der Waals surface area contributed by atoms with Crippen molar-refractivity contribution >= 4 is 17.3 Å². The number of nitrogens with zero attached hydrogens (tertiary/aromatic N) is 2. The topological polar surface area (TPSA) is 115 Å². The first-order valence-electron chi connectivity index (χ1n) is 4.95. The minimum atomic E-state index is -1.80. The molecule has 1 amide bonds. The van der Waals surface area contributed by atoms with Crippen LogP contribution in [-0.2, 0) is 4.79 Å². The third kappa shape index (κ3) is 2.78. The van der Waals surface area contributed by atoms with Crippen molar-refractivity contribution in [2.45, 2.75) is 19.4 Å². The second-order valence-corrected chi connectivity index (χ2v) is 4.08. The van der Waals surface area contributed by atoms with E-state index in [1.54, 1.807) is 0 Å². The zero-order chi connectivity index (χ0) is 13.9. The number of carbonyl (C=O) groups is 1. The fourth-order valence-electron chi connectivity index (χ4n) is 1.06. The number of nitro benzene ring substituents is 1. The molecule has 0 aliphatic carbocycles. The van der Waals surface area contributed by atoms with E-state index in [2.05, 4.69) is 5.32 Å². The van der Waals surface area contributed by atoms with Crippen molar-refractivity contribution in [3.8, 4) is 0 Å². The average Bonchev–Trinajstić information content (AvgIpc) is 2.28. The minimum absolute atomic E-state index is 0.143. The summed E-state index contributed by atoms with van der Waals surface area (Å²) in [4.78, 5) is 31.5. The van der Waals surface area contributed by atoms with Crippen molar-refractivity contribution in [2.75, 3.05) is 5.32 Å². The molecule has 0 radical (unpaired) electrons. The Bertz CT molecular complexity index is 512. The van der Waals surface area contributed by atoms with Crippen LogP contribution in [0.2, 0.25) is 0 Å². The molecular weight excluding hydrogens is 242 g/mol. The second-order valence-electron chi connectivity index (χ2n) is 4.08. The number of nitrogens with one attached hydrogen (secondary N) is 1. The van der Waals surface area contributed by atoms with Crippen LogP contribution in [0, 0.1) is 20.2 Å². The number of anilines is 1. The summed E-state index contributed by atoms with van der Waals surface area (Å²) in [7, 11) is 0. The normalized spacial score (nSPS) is 10.8. The highest BCUT2D eigenvalue weighted by atomic mass is 16.6. The fraction of sp³-hybridized carbons (Fsp3) is 0.300. The van der Waals surface area contributed by atoms with Gasteiger partial charge in [-0.1, -0.05) is 6.07 Å². The van der Waals surface area contributed by atoms with E-state index in [0.717, 1.165) is 19.9 Å². The van der Waals surface area contributed by atoms with Gasteiger partial charge in [-0.15, -0.1) is 0 Å². The summed E-state index contributed by atoms with van der Waals surface area (Å²) in [6.45, 7) is 2.30. The van der Waals surface area contributed by atoms with E-state index in [1.807, 2.05) is 0 Å². The van der Waals surface area contributed by atoms with Gasteiger partial charge >= 0.3 is 5.91 Å². The average molecular weight is 253 g/mol. The zero-order valence-corrected chi connectivity index (χ0v) is 9.75. The molecule has 18 heavy (non-hydrogen) atoms. The van der Waals surface area contributed by atoms with Crippen molar-refractivity contribution in [1.82, 2.24) is 0 Å². The third-order valence-corrected chi connectivity index (χ3v) is 2.33. The van der Waals surface area contributed by atoms with Crippen LogP contribution < -0.4 is 5.32 Å². The van der Waals surface area contributed by atoms with Crippen LogP contribution in [0.25, 0.3) is 0 Å². The third-order valence-electron chi connectivity index (χ3n) is 2.33. The van der Waals surface area contributed by atoms with E-state index in [4.69, 9.17) is 0 Å². The molecule has 0 aliphatic rings. The summed E-state index contributed by atoms with van der Waals surface area (Å²) in [5, 5.41) is 23.5. The predicted molar refractivity (Wildman–Crippen MR) is 62.8 cm³/mol. The van der Waals surface area contributed by atoms with Crippen molar-refractivity contribution < 1.29 is 14.6 Å². The maximum Gasteiger partial charge on any atom is 0.301 e. The van der Waals surface area contributed by atoms with Crippen molar-refractivity contribution in [2.24, 2.45) is 0 Å². The van der Waals surface area contributed by atoms with Crippen LogP contribution in [0.4, 0.5) is 11.4 Å². The number of rotatable bonds is 4. The van der Waals surface area contributed by atoms with E-state index in [1.165, 1.54) is 18.2 Å². The van der Waals surface area contributed by atoms with E-state index in [0.29, 0.717) is 0 Å². The Labute approximate surface area is 102 Å². The molecule has 0 saturated carbocycles. The summed E-state index contributed by atoms with van der Waals surface area (Å²) in [5.41, 5.74) is -1.86. The molecule has 8 heteroatoms.